The third-order valence-corrected chi connectivity index (χ3v) is 4.74. The van der Waals surface area contributed by atoms with E-state index in [1.54, 1.807) is 29.8 Å². The molecule has 6 heteroatoms. The summed E-state index contributed by atoms with van der Waals surface area (Å²) in [5.74, 6) is 0.578. The van der Waals surface area contributed by atoms with Gasteiger partial charge < -0.3 is 5.32 Å². The molecular formula is C19H13ClN4S. The number of hydrogen-bond donors (Lipinski definition) is 1. The summed E-state index contributed by atoms with van der Waals surface area (Å²) >= 11 is 7.56. The van der Waals surface area contributed by atoms with Gasteiger partial charge in [-0.05, 0) is 30.3 Å². The first-order chi connectivity index (χ1) is 12.3. The predicted molar refractivity (Wildman–Crippen MR) is 103 cm³/mol. The summed E-state index contributed by atoms with van der Waals surface area (Å²) in [7, 11) is 0. The predicted octanol–water partition coefficient (Wildman–Crippen LogP) is 5.66. The molecule has 0 aliphatic rings. The molecule has 0 atom stereocenters. The van der Waals surface area contributed by atoms with Gasteiger partial charge in [-0.25, -0.2) is 15.0 Å². The van der Waals surface area contributed by atoms with Gasteiger partial charge in [0.1, 0.15) is 5.01 Å². The van der Waals surface area contributed by atoms with E-state index in [9.17, 15) is 0 Å². The van der Waals surface area contributed by atoms with Gasteiger partial charge in [0.2, 0.25) is 5.95 Å². The molecule has 2 aromatic carbocycles. The van der Waals surface area contributed by atoms with E-state index < -0.39 is 0 Å². The summed E-state index contributed by atoms with van der Waals surface area (Å²) in [6.45, 7) is 0. The van der Waals surface area contributed by atoms with Crippen LogP contribution in [0, 0.1) is 0 Å². The van der Waals surface area contributed by atoms with Gasteiger partial charge in [-0.3, -0.25) is 0 Å². The molecule has 25 heavy (non-hydrogen) atoms. The Bertz CT molecular complexity index is 967. The minimum absolute atomic E-state index is 0.578. The molecule has 4 aromatic rings. The van der Waals surface area contributed by atoms with E-state index in [4.69, 9.17) is 16.6 Å². The molecule has 2 aromatic heterocycles. The highest BCUT2D eigenvalue weighted by atomic mass is 35.5. The van der Waals surface area contributed by atoms with Crippen molar-refractivity contribution in [3.63, 3.8) is 0 Å². The minimum atomic E-state index is 0.578. The van der Waals surface area contributed by atoms with Gasteiger partial charge in [0.05, 0.1) is 5.69 Å². The number of benzene rings is 2. The van der Waals surface area contributed by atoms with Gasteiger partial charge in [0.15, 0.2) is 0 Å². The van der Waals surface area contributed by atoms with Crippen LogP contribution in [0.15, 0.2) is 72.4 Å². The van der Waals surface area contributed by atoms with Crippen LogP contribution in [0.25, 0.3) is 21.8 Å². The van der Waals surface area contributed by atoms with Gasteiger partial charge in [-0.1, -0.05) is 35.9 Å². The standard InChI is InChI=1S/C19H13ClN4S/c20-15-6-2-14(3-7-15)18-24-17(12-25-18)13-4-8-16(9-5-13)23-19-21-10-1-11-22-19/h1-12H,(H,21,22,23). The van der Waals surface area contributed by atoms with Crippen LogP contribution in [0.1, 0.15) is 0 Å². The number of aromatic nitrogens is 3. The monoisotopic (exact) mass is 364 g/mol. The van der Waals surface area contributed by atoms with Crippen LogP contribution in [0.3, 0.4) is 0 Å². The number of nitrogens with one attached hydrogen (secondary N) is 1. The van der Waals surface area contributed by atoms with Crippen molar-refractivity contribution in [3.8, 4) is 21.8 Å². The first-order valence-corrected chi connectivity index (χ1v) is 8.90. The van der Waals surface area contributed by atoms with Crippen molar-refractivity contribution in [2.45, 2.75) is 0 Å². The molecule has 0 unspecified atom stereocenters. The lowest BCUT2D eigenvalue weighted by atomic mass is 10.1. The Kier molecular flexibility index (Phi) is 4.41. The summed E-state index contributed by atoms with van der Waals surface area (Å²) in [6, 6.07) is 17.6. The molecule has 0 aliphatic heterocycles. The molecule has 4 nitrogen and oxygen atoms in total. The Morgan fingerprint density at radius 1 is 0.840 bits per heavy atom. The highest BCUT2D eigenvalue weighted by molar-refractivity contribution is 7.13. The number of halogens is 1. The van der Waals surface area contributed by atoms with Crippen LogP contribution in [0.4, 0.5) is 11.6 Å². The highest BCUT2D eigenvalue weighted by Gasteiger charge is 2.07. The summed E-state index contributed by atoms with van der Waals surface area (Å²) in [5.41, 5.74) is 4.02. The van der Waals surface area contributed by atoms with Crippen LogP contribution in [0.5, 0.6) is 0 Å². The average Bonchev–Trinajstić information content (AvgIpc) is 3.14. The van der Waals surface area contributed by atoms with Crippen LogP contribution < -0.4 is 5.32 Å². The maximum Gasteiger partial charge on any atom is 0.227 e. The molecule has 0 fully saturated rings. The van der Waals surface area contributed by atoms with Crippen LogP contribution in [0.2, 0.25) is 5.02 Å². The largest absolute Gasteiger partial charge is 0.324 e. The smallest absolute Gasteiger partial charge is 0.227 e. The third kappa shape index (κ3) is 3.68. The second-order valence-corrected chi connectivity index (χ2v) is 6.61. The second-order valence-electron chi connectivity index (χ2n) is 5.32. The maximum atomic E-state index is 5.94. The zero-order chi connectivity index (χ0) is 17.1. The minimum Gasteiger partial charge on any atom is -0.324 e. The van der Waals surface area contributed by atoms with Crippen molar-refractivity contribution in [1.82, 2.24) is 15.0 Å². The molecule has 4 rings (SSSR count). The average molecular weight is 365 g/mol. The number of hydrogen-bond acceptors (Lipinski definition) is 5. The van der Waals surface area contributed by atoms with Crippen molar-refractivity contribution in [2.24, 2.45) is 0 Å². The fourth-order valence-corrected chi connectivity index (χ4v) is 3.31. The quantitative estimate of drug-likeness (QED) is 0.507. The zero-order valence-corrected chi connectivity index (χ0v) is 14.6. The van der Waals surface area contributed by atoms with E-state index in [-0.39, 0.29) is 0 Å². The molecule has 0 saturated heterocycles. The fraction of sp³-hybridized carbons (Fsp3) is 0. The number of anilines is 2. The Morgan fingerprint density at radius 2 is 1.52 bits per heavy atom. The van der Waals surface area contributed by atoms with Gasteiger partial charge in [-0.15, -0.1) is 11.3 Å². The topological polar surface area (TPSA) is 50.7 Å². The van der Waals surface area contributed by atoms with Crippen molar-refractivity contribution < 1.29 is 0 Å². The van der Waals surface area contributed by atoms with Crippen LogP contribution in [-0.2, 0) is 0 Å². The van der Waals surface area contributed by atoms with Crippen molar-refractivity contribution >= 4 is 34.6 Å². The van der Waals surface area contributed by atoms with Crippen molar-refractivity contribution in [2.75, 3.05) is 5.32 Å². The fourth-order valence-electron chi connectivity index (χ4n) is 2.35. The molecule has 0 bridgehead atoms. The molecule has 0 aliphatic carbocycles. The highest BCUT2D eigenvalue weighted by Crippen LogP contribution is 2.30. The Labute approximate surface area is 154 Å². The van der Waals surface area contributed by atoms with E-state index in [1.807, 2.05) is 48.5 Å². The lowest BCUT2D eigenvalue weighted by Crippen LogP contribution is -1.95. The summed E-state index contributed by atoms with van der Waals surface area (Å²) in [4.78, 5) is 13.0. The Hall–Kier alpha value is -2.76. The third-order valence-electron chi connectivity index (χ3n) is 3.60. The molecule has 0 amide bonds. The van der Waals surface area contributed by atoms with Crippen molar-refractivity contribution in [1.29, 1.82) is 0 Å². The lowest BCUT2D eigenvalue weighted by molar-refractivity contribution is 1.17. The van der Waals surface area contributed by atoms with E-state index in [0.29, 0.717) is 5.95 Å². The maximum absolute atomic E-state index is 5.94. The van der Waals surface area contributed by atoms with Gasteiger partial charge >= 0.3 is 0 Å². The summed E-state index contributed by atoms with van der Waals surface area (Å²) in [6.07, 6.45) is 3.41. The first-order valence-electron chi connectivity index (χ1n) is 7.64. The van der Waals surface area contributed by atoms with E-state index in [1.165, 1.54) is 0 Å². The molecule has 0 spiro atoms. The second kappa shape index (κ2) is 7.01. The van der Waals surface area contributed by atoms with Gasteiger partial charge in [0.25, 0.3) is 0 Å². The summed E-state index contributed by atoms with van der Waals surface area (Å²) < 4.78 is 0. The first kappa shape index (κ1) is 15.7. The number of thiazole rings is 1. The number of nitrogens with zero attached hydrogens (tertiary/aromatic N) is 3. The zero-order valence-electron chi connectivity index (χ0n) is 13.1. The summed E-state index contributed by atoms with van der Waals surface area (Å²) in [5, 5.41) is 6.93. The van der Waals surface area contributed by atoms with E-state index >= 15 is 0 Å². The molecule has 2 heterocycles. The SMILES string of the molecule is Clc1ccc(-c2nc(-c3ccc(Nc4ncccn4)cc3)cs2)cc1. The normalized spacial score (nSPS) is 10.6. The number of rotatable bonds is 4. The van der Waals surface area contributed by atoms with E-state index in [2.05, 4.69) is 20.7 Å². The van der Waals surface area contributed by atoms with Gasteiger partial charge in [0, 0.05) is 39.6 Å². The van der Waals surface area contributed by atoms with Crippen LogP contribution in [-0.4, -0.2) is 15.0 Å². The van der Waals surface area contributed by atoms with Crippen molar-refractivity contribution in [3.05, 3.63) is 77.4 Å². The Balaban J connectivity index is 1.53. The molecular weight excluding hydrogens is 352 g/mol. The molecule has 122 valence electrons. The molecule has 1 N–H and O–H groups in total. The van der Waals surface area contributed by atoms with E-state index in [0.717, 1.165) is 32.5 Å². The lowest BCUT2D eigenvalue weighted by Gasteiger charge is -2.04. The molecule has 0 radical (unpaired) electrons. The molecule has 0 saturated carbocycles. The van der Waals surface area contributed by atoms with Gasteiger partial charge in [-0.2, -0.15) is 0 Å². The Morgan fingerprint density at radius 3 is 2.24 bits per heavy atom. The van der Waals surface area contributed by atoms with Crippen LogP contribution >= 0.6 is 22.9 Å².